The summed E-state index contributed by atoms with van der Waals surface area (Å²) in [5, 5.41) is 3.65. The van der Waals surface area contributed by atoms with E-state index in [2.05, 4.69) is 57.3 Å². The Labute approximate surface area is 98.6 Å². The van der Waals surface area contributed by atoms with Crippen molar-refractivity contribution in [2.45, 2.75) is 46.1 Å². The molecule has 1 aliphatic rings. The van der Waals surface area contributed by atoms with Gasteiger partial charge in [0.05, 0.1) is 5.54 Å². The number of aryl methyl sites for hydroxylation is 1. The normalized spacial score (nSPS) is 23.4. The van der Waals surface area contributed by atoms with E-state index >= 15 is 0 Å². The molecule has 86 valence electrons. The highest BCUT2D eigenvalue weighted by Gasteiger charge is 2.25. The zero-order chi connectivity index (χ0) is 11.8. The van der Waals surface area contributed by atoms with Gasteiger partial charge < -0.3 is 5.32 Å². The van der Waals surface area contributed by atoms with E-state index in [4.69, 9.17) is 0 Å². The second-order valence-corrected chi connectivity index (χ2v) is 4.97. The molecular formula is C15H21N. The van der Waals surface area contributed by atoms with Crippen molar-refractivity contribution in [3.63, 3.8) is 0 Å². The first-order chi connectivity index (χ1) is 7.58. The van der Waals surface area contributed by atoms with Crippen LogP contribution in [0.15, 0.2) is 24.3 Å². The van der Waals surface area contributed by atoms with Crippen LogP contribution in [-0.2, 0) is 0 Å². The summed E-state index contributed by atoms with van der Waals surface area (Å²) in [7, 11) is 0. The van der Waals surface area contributed by atoms with Crippen molar-refractivity contribution in [3.8, 4) is 0 Å². The Morgan fingerprint density at radius 3 is 2.62 bits per heavy atom. The summed E-state index contributed by atoms with van der Waals surface area (Å²) in [6.07, 6.45) is 4.61. The molecule has 0 radical (unpaired) electrons. The summed E-state index contributed by atoms with van der Waals surface area (Å²) in [6.45, 7) is 8.89. The van der Waals surface area contributed by atoms with E-state index in [1.165, 1.54) is 22.4 Å². The highest BCUT2D eigenvalue weighted by Crippen LogP contribution is 2.37. The van der Waals surface area contributed by atoms with E-state index in [1.807, 2.05) is 0 Å². The zero-order valence-corrected chi connectivity index (χ0v) is 10.7. The van der Waals surface area contributed by atoms with Crippen LogP contribution in [-0.4, -0.2) is 5.54 Å². The van der Waals surface area contributed by atoms with Gasteiger partial charge in [0, 0.05) is 11.3 Å². The van der Waals surface area contributed by atoms with Crippen LogP contribution in [0.5, 0.6) is 0 Å². The third-order valence-electron chi connectivity index (χ3n) is 3.55. The Morgan fingerprint density at radius 2 is 2.00 bits per heavy atom. The van der Waals surface area contributed by atoms with Crippen molar-refractivity contribution in [1.29, 1.82) is 0 Å². The molecule has 1 aromatic carbocycles. The van der Waals surface area contributed by atoms with E-state index in [-0.39, 0.29) is 5.54 Å². The highest BCUT2D eigenvalue weighted by atomic mass is 15.0. The standard InChI is InChI=1S/C15H21N/c1-5-12-10-15(4,6-2)16-14-9-11(3)7-8-13(12)14/h7-10,16H,5-6H2,1-4H3/t15-/m0/s1. The van der Waals surface area contributed by atoms with Crippen LogP contribution < -0.4 is 5.32 Å². The first-order valence-electron chi connectivity index (χ1n) is 6.19. The smallest absolute Gasteiger partial charge is 0.0531 e. The molecule has 0 aromatic heterocycles. The molecule has 1 aliphatic heterocycles. The molecule has 0 amide bonds. The van der Waals surface area contributed by atoms with Gasteiger partial charge in [-0.1, -0.05) is 32.1 Å². The van der Waals surface area contributed by atoms with Gasteiger partial charge >= 0.3 is 0 Å². The van der Waals surface area contributed by atoms with E-state index in [0.717, 1.165) is 12.8 Å². The van der Waals surface area contributed by atoms with Gasteiger partial charge in [-0.25, -0.2) is 0 Å². The van der Waals surface area contributed by atoms with Gasteiger partial charge in [0.2, 0.25) is 0 Å². The van der Waals surface area contributed by atoms with Crippen LogP contribution in [0.1, 0.15) is 44.7 Å². The molecule has 0 spiro atoms. The van der Waals surface area contributed by atoms with Crippen LogP contribution in [0, 0.1) is 6.92 Å². The highest BCUT2D eigenvalue weighted by molar-refractivity contribution is 5.81. The number of rotatable bonds is 2. The number of benzene rings is 1. The first kappa shape index (κ1) is 11.3. The molecule has 0 fully saturated rings. The van der Waals surface area contributed by atoms with E-state index in [0.29, 0.717) is 0 Å². The van der Waals surface area contributed by atoms with Gasteiger partial charge in [-0.2, -0.15) is 0 Å². The second-order valence-electron chi connectivity index (χ2n) is 4.97. The van der Waals surface area contributed by atoms with Crippen molar-refractivity contribution < 1.29 is 0 Å². The summed E-state index contributed by atoms with van der Waals surface area (Å²) in [4.78, 5) is 0. The quantitative estimate of drug-likeness (QED) is 0.772. The Kier molecular flexibility index (Phi) is 2.79. The number of anilines is 1. The average Bonchev–Trinajstić information content (AvgIpc) is 2.27. The molecule has 1 nitrogen and oxygen atoms in total. The first-order valence-corrected chi connectivity index (χ1v) is 6.19. The molecule has 1 aromatic rings. The maximum absolute atomic E-state index is 3.65. The Balaban J connectivity index is 2.52. The summed E-state index contributed by atoms with van der Waals surface area (Å²) in [5.41, 5.74) is 5.58. The molecule has 2 rings (SSSR count). The fourth-order valence-electron chi connectivity index (χ4n) is 2.33. The lowest BCUT2D eigenvalue weighted by Crippen LogP contribution is -2.34. The van der Waals surface area contributed by atoms with Crippen molar-refractivity contribution in [2.75, 3.05) is 5.32 Å². The molecule has 1 N–H and O–H groups in total. The number of nitrogens with one attached hydrogen (secondary N) is 1. The summed E-state index contributed by atoms with van der Waals surface area (Å²) in [5.74, 6) is 0. The monoisotopic (exact) mass is 215 g/mol. The topological polar surface area (TPSA) is 12.0 Å². The maximum atomic E-state index is 3.65. The number of hydrogen-bond acceptors (Lipinski definition) is 1. The molecule has 0 unspecified atom stereocenters. The van der Waals surface area contributed by atoms with Gasteiger partial charge in [0.25, 0.3) is 0 Å². The Bertz CT molecular complexity index is 431. The lowest BCUT2D eigenvalue weighted by atomic mass is 9.86. The van der Waals surface area contributed by atoms with Gasteiger partial charge in [0.15, 0.2) is 0 Å². The predicted octanol–water partition coefficient (Wildman–Crippen LogP) is 4.38. The second kappa shape index (κ2) is 3.97. The van der Waals surface area contributed by atoms with Gasteiger partial charge in [-0.3, -0.25) is 0 Å². The maximum Gasteiger partial charge on any atom is 0.0531 e. The molecule has 1 heterocycles. The third kappa shape index (κ3) is 1.87. The van der Waals surface area contributed by atoms with Gasteiger partial charge in [0.1, 0.15) is 0 Å². The van der Waals surface area contributed by atoms with Crippen LogP contribution in [0.4, 0.5) is 5.69 Å². The number of fused-ring (bicyclic) bond motifs is 1. The van der Waals surface area contributed by atoms with E-state index in [9.17, 15) is 0 Å². The van der Waals surface area contributed by atoms with Gasteiger partial charge in [-0.15, -0.1) is 0 Å². The minimum atomic E-state index is 0.117. The largest absolute Gasteiger partial charge is 0.376 e. The fraction of sp³-hybridized carbons (Fsp3) is 0.467. The molecule has 16 heavy (non-hydrogen) atoms. The van der Waals surface area contributed by atoms with Gasteiger partial charge in [-0.05, 0) is 43.9 Å². The van der Waals surface area contributed by atoms with Crippen LogP contribution in [0.2, 0.25) is 0 Å². The lowest BCUT2D eigenvalue weighted by molar-refractivity contribution is 0.607. The minimum absolute atomic E-state index is 0.117. The van der Waals surface area contributed by atoms with Crippen LogP contribution in [0.3, 0.4) is 0 Å². The molecule has 1 atom stereocenters. The molecule has 0 saturated heterocycles. The molecule has 0 saturated carbocycles. The van der Waals surface area contributed by atoms with Crippen molar-refractivity contribution in [3.05, 3.63) is 35.4 Å². The fourth-order valence-corrected chi connectivity index (χ4v) is 2.33. The molecule has 0 aliphatic carbocycles. The summed E-state index contributed by atoms with van der Waals surface area (Å²) >= 11 is 0. The summed E-state index contributed by atoms with van der Waals surface area (Å²) < 4.78 is 0. The molecule has 0 bridgehead atoms. The minimum Gasteiger partial charge on any atom is -0.376 e. The number of hydrogen-bond donors (Lipinski definition) is 1. The predicted molar refractivity (Wildman–Crippen MR) is 71.8 cm³/mol. The third-order valence-corrected chi connectivity index (χ3v) is 3.55. The SMILES string of the molecule is CCC1=C[C@](C)(CC)Nc2cc(C)ccc21. The zero-order valence-electron chi connectivity index (χ0n) is 10.7. The van der Waals surface area contributed by atoms with Crippen LogP contribution >= 0.6 is 0 Å². The summed E-state index contributed by atoms with van der Waals surface area (Å²) in [6, 6.07) is 6.69. The average molecular weight is 215 g/mol. The van der Waals surface area contributed by atoms with E-state index in [1.54, 1.807) is 0 Å². The molecular weight excluding hydrogens is 194 g/mol. The number of allylic oxidation sites excluding steroid dienone is 1. The Hall–Kier alpha value is -1.24. The Morgan fingerprint density at radius 1 is 1.25 bits per heavy atom. The van der Waals surface area contributed by atoms with Crippen molar-refractivity contribution in [1.82, 2.24) is 0 Å². The van der Waals surface area contributed by atoms with Crippen LogP contribution in [0.25, 0.3) is 5.57 Å². The lowest BCUT2D eigenvalue weighted by Gasteiger charge is -2.34. The van der Waals surface area contributed by atoms with E-state index < -0.39 is 0 Å². The van der Waals surface area contributed by atoms with Crippen molar-refractivity contribution >= 4 is 11.3 Å². The van der Waals surface area contributed by atoms with Crippen molar-refractivity contribution in [2.24, 2.45) is 0 Å². The molecule has 1 heteroatoms.